The van der Waals surface area contributed by atoms with Crippen LogP contribution in [0.1, 0.15) is 48.5 Å². The van der Waals surface area contributed by atoms with E-state index in [1.807, 2.05) is 43.3 Å². The van der Waals surface area contributed by atoms with Crippen LogP contribution >= 0.6 is 0 Å². The number of benzene rings is 4. The van der Waals surface area contributed by atoms with Crippen LogP contribution in [0.2, 0.25) is 0 Å². The van der Waals surface area contributed by atoms with E-state index in [0.717, 1.165) is 11.3 Å². The predicted octanol–water partition coefficient (Wildman–Crippen LogP) is 5.13. The minimum Gasteiger partial charge on any atom is -0.493 e. The highest BCUT2D eigenvalue weighted by atomic mass is 16.5. The van der Waals surface area contributed by atoms with Crippen LogP contribution in [0.5, 0.6) is 34.5 Å². The van der Waals surface area contributed by atoms with Crippen LogP contribution in [-0.2, 0) is 5.54 Å². The lowest BCUT2D eigenvalue weighted by molar-refractivity contribution is 0.0675. The Balaban J connectivity index is 1.75. The van der Waals surface area contributed by atoms with Crippen molar-refractivity contribution in [2.75, 3.05) is 61.7 Å². The topological polar surface area (TPSA) is 108 Å². The molecule has 0 unspecified atom stereocenters. The minimum absolute atomic E-state index is 0.299. The number of ketones is 1. The van der Waals surface area contributed by atoms with Crippen molar-refractivity contribution in [1.82, 2.24) is 5.01 Å². The van der Waals surface area contributed by atoms with Crippen molar-refractivity contribution in [2.45, 2.75) is 5.54 Å². The van der Waals surface area contributed by atoms with E-state index in [0.29, 0.717) is 67.9 Å². The van der Waals surface area contributed by atoms with Gasteiger partial charge < -0.3 is 33.3 Å². The summed E-state index contributed by atoms with van der Waals surface area (Å²) in [5.41, 5.74) is 2.63. The first-order chi connectivity index (χ1) is 22.7. The third-order valence-electron chi connectivity index (χ3n) is 8.70. The molecule has 0 saturated heterocycles. The second-order valence-electron chi connectivity index (χ2n) is 11.1. The van der Waals surface area contributed by atoms with Gasteiger partial charge in [-0.25, -0.2) is 5.01 Å². The van der Waals surface area contributed by atoms with Crippen molar-refractivity contribution in [3.05, 3.63) is 99.6 Å². The normalized spacial score (nSPS) is 14.1. The highest BCUT2D eigenvalue weighted by Crippen LogP contribution is 2.58. The second kappa shape index (κ2) is 11.9. The largest absolute Gasteiger partial charge is 0.493 e. The minimum atomic E-state index is -1.50. The first-order valence-electron chi connectivity index (χ1n) is 14.7. The van der Waals surface area contributed by atoms with Gasteiger partial charge in [-0.1, -0.05) is 12.1 Å². The van der Waals surface area contributed by atoms with Crippen molar-refractivity contribution in [3.63, 3.8) is 0 Å². The molecule has 1 amide bonds. The van der Waals surface area contributed by atoms with Crippen LogP contribution in [0, 0.1) is 0 Å². The smallest absolute Gasteiger partial charge is 0.276 e. The molecule has 0 aromatic heterocycles. The van der Waals surface area contributed by atoms with E-state index >= 15 is 0 Å². The van der Waals surface area contributed by atoms with E-state index in [9.17, 15) is 9.59 Å². The van der Waals surface area contributed by atoms with Crippen molar-refractivity contribution in [1.29, 1.82) is 0 Å². The van der Waals surface area contributed by atoms with Crippen LogP contribution in [0.15, 0.2) is 65.8 Å². The predicted molar refractivity (Wildman–Crippen MR) is 176 cm³/mol. The van der Waals surface area contributed by atoms with E-state index in [2.05, 4.69) is 0 Å². The Morgan fingerprint density at radius 1 is 0.596 bits per heavy atom. The Hall–Kier alpha value is -5.71. The molecular formula is C36H35N3O8. The molecule has 1 aliphatic carbocycles. The molecular weight excluding hydrogens is 602 g/mol. The zero-order valence-corrected chi connectivity index (χ0v) is 27.5. The number of ether oxygens (including phenoxy) is 6. The number of methoxy groups -OCH3 is 6. The molecule has 47 heavy (non-hydrogen) atoms. The average molecular weight is 638 g/mol. The van der Waals surface area contributed by atoms with Crippen LogP contribution in [-0.4, -0.2) is 79.7 Å². The molecule has 11 heteroatoms. The molecule has 4 aromatic rings. The standard InChI is InChI=1S/C36H35N3O8/c1-38(2)21-11-9-20(10-12-21)19-37-39-35(41)24-15-30(44-5)33(47-8)18-27(24)36(39)25-16-31(45-6)28(42-3)13-22(25)34(40)23-14-29(43-4)32(46-7)17-26(23)36/h9-19H,1-8H3/b37-19+. The van der Waals surface area contributed by atoms with Gasteiger partial charge in [0, 0.05) is 47.6 Å². The number of hydrogen-bond donors (Lipinski definition) is 0. The molecule has 0 radical (unpaired) electrons. The highest BCUT2D eigenvalue weighted by molar-refractivity contribution is 6.16. The Kier molecular flexibility index (Phi) is 7.92. The molecule has 1 heterocycles. The summed E-state index contributed by atoms with van der Waals surface area (Å²) in [7, 11) is 13.0. The molecule has 1 aliphatic heterocycles. The first kappa shape index (κ1) is 31.3. The fourth-order valence-electron chi connectivity index (χ4n) is 6.40. The lowest BCUT2D eigenvalue weighted by Gasteiger charge is -2.42. The summed E-state index contributed by atoms with van der Waals surface area (Å²) < 4.78 is 34.0. The fraction of sp³-hybridized carbons (Fsp3) is 0.250. The van der Waals surface area contributed by atoms with Crippen LogP contribution in [0.25, 0.3) is 0 Å². The molecule has 242 valence electrons. The van der Waals surface area contributed by atoms with E-state index in [4.69, 9.17) is 33.5 Å². The van der Waals surface area contributed by atoms with Gasteiger partial charge in [0.2, 0.25) is 0 Å². The van der Waals surface area contributed by atoms with Gasteiger partial charge in [-0.15, -0.1) is 0 Å². The van der Waals surface area contributed by atoms with Crippen molar-refractivity contribution in [3.8, 4) is 34.5 Å². The summed E-state index contributed by atoms with van der Waals surface area (Å²) in [5, 5.41) is 6.28. The lowest BCUT2D eigenvalue weighted by atomic mass is 9.68. The molecule has 0 saturated carbocycles. The van der Waals surface area contributed by atoms with Crippen molar-refractivity contribution in [2.24, 2.45) is 5.10 Å². The molecule has 1 spiro atoms. The monoisotopic (exact) mass is 637 g/mol. The molecule has 0 fully saturated rings. The molecule has 0 bridgehead atoms. The van der Waals surface area contributed by atoms with Gasteiger partial charge in [-0.05, 0) is 54.1 Å². The van der Waals surface area contributed by atoms with Crippen molar-refractivity contribution >= 4 is 23.6 Å². The number of rotatable bonds is 9. The van der Waals surface area contributed by atoms with E-state index in [-0.39, 0.29) is 5.78 Å². The number of nitrogens with zero attached hydrogens (tertiary/aromatic N) is 3. The number of carbonyl (C=O) groups is 2. The third kappa shape index (κ3) is 4.60. The summed E-state index contributed by atoms with van der Waals surface area (Å²) in [6.07, 6.45) is 1.62. The molecule has 4 aromatic carbocycles. The van der Waals surface area contributed by atoms with Gasteiger partial charge in [0.25, 0.3) is 5.91 Å². The maximum atomic E-state index is 14.7. The summed E-state index contributed by atoms with van der Waals surface area (Å²) in [5.74, 6) is 1.48. The maximum Gasteiger partial charge on any atom is 0.276 e. The quantitative estimate of drug-likeness (QED) is 0.231. The van der Waals surface area contributed by atoms with E-state index < -0.39 is 11.4 Å². The van der Waals surface area contributed by atoms with E-state index in [1.54, 1.807) is 42.6 Å². The van der Waals surface area contributed by atoms with Crippen LogP contribution < -0.4 is 33.3 Å². The molecule has 2 aliphatic rings. The first-order valence-corrected chi connectivity index (χ1v) is 14.7. The molecule has 11 nitrogen and oxygen atoms in total. The van der Waals surface area contributed by atoms with Gasteiger partial charge in [-0.2, -0.15) is 5.10 Å². The van der Waals surface area contributed by atoms with E-state index in [1.165, 1.54) is 47.7 Å². The Bertz CT molecular complexity index is 1870. The van der Waals surface area contributed by atoms with Gasteiger partial charge in [0.15, 0.2) is 40.3 Å². The zero-order valence-electron chi connectivity index (χ0n) is 27.5. The lowest BCUT2D eigenvalue weighted by Crippen LogP contribution is -2.47. The SMILES string of the molecule is COc1cc2c(cc1OC)C1(c3cc(OC)c(OC)cc3C2=O)c2cc(OC)c(OC)cc2C(=O)N1/N=C/c1ccc(N(C)C)cc1. The summed E-state index contributed by atoms with van der Waals surface area (Å²) in [6.45, 7) is 0. The van der Waals surface area contributed by atoms with Gasteiger partial charge in [0.1, 0.15) is 5.54 Å². The number of hydrazone groups is 1. The maximum absolute atomic E-state index is 14.7. The number of fused-ring (bicyclic) bond motifs is 6. The third-order valence-corrected chi connectivity index (χ3v) is 8.70. The second-order valence-corrected chi connectivity index (χ2v) is 11.1. The number of hydrogen-bond acceptors (Lipinski definition) is 10. The van der Waals surface area contributed by atoms with Crippen molar-refractivity contribution < 1.29 is 38.0 Å². The molecule has 0 atom stereocenters. The highest BCUT2D eigenvalue weighted by Gasteiger charge is 2.58. The molecule has 6 rings (SSSR count). The van der Waals surface area contributed by atoms with Gasteiger partial charge in [0.05, 0.1) is 54.4 Å². The molecule has 0 N–H and O–H groups in total. The number of carbonyl (C=O) groups excluding carboxylic acids is 2. The Morgan fingerprint density at radius 3 is 1.38 bits per heavy atom. The summed E-state index contributed by atoms with van der Waals surface area (Å²) in [6, 6.07) is 17.8. The average Bonchev–Trinajstić information content (AvgIpc) is 3.34. The van der Waals surface area contributed by atoms with Crippen LogP contribution in [0.3, 0.4) is 0 Å². The van der Waals surface area contributed by atoms with Gasteiger partial charge >= 0.3 is 0 Å². The van der Waals surface area contributed by atoms with Gasteiger partial charge in [-0.3, -0.25) is 9.59 Å². The number of amides is 1. The summed E-state index contributed by atoms with van der Waals surface area (Å²) in [4.78, 5) is 31.1. The Morgan fingerprint density at radius 2 is 0.979 bits per heavy atom. The Labute approximate surface area is 272 Å². The summed E-state index contributed by atoms with van der Waals surface area (Å²) >= 11 is 0. The fourth-order valence-corrected chi connectivity index (χ4v) is 6.40. The number of anilines is 1. The zero-order chi connectivity index (χ0) is 33.6. The van der Waals surface area contributed by atoms with Crippen LogP contribution in [0.4, 0.5) is 5.69 Å².